The van der Waals surface area contributed by atoms with E-state index >= 15 is 0 Å². The van der Waals surface area contributed by atoms with Crippen LogP contribution in [0.3, 0.4) is 0 Å². The van der Waals surface area contributed by atoms with Crippen LogP contribution in [0.1, 0.15) is 27.7 Å². The van der Waals surface area contributed by atoms with Crippen LogP contribution >= 0.6 is 0 Å². The van der Waals surface area contributed by atoms with Crippen LogP contribution in [0.5, 0.6) is 0 Å². The van der Waals surface area contributed by atoms with E-state index in [4.69, 9.17) is 0 Å². The maximum Gasteiger partial charge on any atom is -0.00755 e. The molecule has 1 aliphatic rings. The molecular weight excluding hydrogens is 132 g/mol. The summed E-state index contributed by atoms with van der Waals surface area (Å²) < 4.78 is 0. The number of allylic oxidation sites excluding steroid dienone is 6. The molecule has 0 aliphatic heterocycles. The van der Waals surface area contributed by atoms with Crippen molar-refractivity contribution in [3.8, 4) is 0 Å². The van der Waals surface area contributed by atoms with Gasteiger partial charge in [-0.2, -0.15) is 0 Å². The van der Waals surface area contributed by atoms with E-state index in [2.05, 4.69) is 44.2 Å². The fourth-order valence-electron chi connectivity index (χ4n) is 0.806. The fourth-order valence-corrected chi connectivity index (χ4v) is 0.806. The first-order valence-corrected chi connectivity index (χ1v) is 4.32. The monoisotopic (exact) mass is 150 g/mol. The van der Waals surface area contributed by atoms with Crippen LogP contribution in [0.15, 0.2) is 36.0 Å². The first kappa shape index (κ1) is 10.2. The van der Waals surface area contributed by atoms with Gasteiger partial charge in [-0.05, 0) is 12.8 Å². The Bertz CT molecular complexity index is 170. The number of rotatable bonds is 0. The lowest BCUT2D eigenvalue weighted by molar-refractivity contribution is 0.942. The molecule has 0 N–H and O–H groups in total. The van der Waals surface area contributed by atoms with E-state index in [-0.39, 0.29) is 0 Å². The van der Waals surface area contributed by atoms with Crippen molar-refractivity contribution in [1.29, 1.82) is 0 Å². The quantitative estimate of drug-likeness (QED) is 0.493. The highest BCUT2D eigenvalue weighted by atomic mass is 14.0. The van der Waals surface area contributed by atoms with Crippen molar-refractivity contribution in [1.82, 2.24) is 0 Å². The maximum atomic E-state index is 2.20. The van der Waals surface area contributed by atoms with E-state index < -0.39 is 0 Å². The summed E-state index contributed by atoms with van der Waals surface area (Å²) in [4.78, 5) is 0. The van der Waals surface area contributed by atoms with Crippen LogP contribution in [-0.4, -0.2) is 0 Å². The average Bonchev–Trinajstić information content (AvgIpc) is 2.20. The molecular formula is C11H18. The second kappa shape index (κ2) is 5.96. The van der Waals surface area contributed by atoms with Crippen LogP contribution in [-0.2, 0) is 0 Å². The Hall–Kier alpha value is -0.780. The van der Waals surface area contributed by atoms with Crippen molar-refractivity contribution < 1.29 is 0 Å². The van der Waals surface area contributed by atoms with Crippen molar-refractivity contribution in [3.05, 3.63) is 36.0 Å². The van der Waals surface area contributed by atoms with Gasteiger partial charge in [0.25, 0.3) is 0 Å². The first-order chi connectivity index (χ1) is 5.29. The average molecular weight is 150 g/mol. The minimum absolute atomic E-state index is 0.596. The molecule has 1 rings (SSSR count). The normalized spacial score (nSPS) is 21.5. The standard InChI is InChI=1S/C9H12.C2H6/c1-8-4-3-5-9(2)7-6-8;1-2/h3-8H,1-2H3;1-2H3. The maximum absolute atomic E-state index is 2.20. The minimum Gasteiger partial charge on any atom is -0.0779 e. The van der Waals surface area contributed by atoms with E-state index in [0.717, 1.165) is 0 Å². The van der Waals surface area contributed by atoms with Crippen molar-refractivity contribution in [2.75, 3.05) is 0 Å². The first-order valence-electron chi connectivity index (χ1n) is 4.32. The van der Waals surface area contributed by atoms with E-state index in [1.54, 1.807) is 0 Å². The molecule has 0 saturated carbocycles. The van der Waals surface area contributed by atoms with Crippen molar-refractivity contribution in [2.24, 2.45) is 5.92 Å². The van der Waals surface area contributed by atoms with Gasteiger partial charge < -0.3 is 0 Å². The molecule has 1 aliphatic carbocycles. The summed E-state index contributed by atoms with van der Waals surface area (Å²) in [6, 6.07) is 0. The summed E-state index contributed by atoms with van der Waals surface area (Å²) >= 11 is 0. The lowest BCUT2D eigenvalue weighted by Crippen LogP contribution is -1.78. The summed E-state index contributed by atoms with van der Waals surface area (Å²) in [5.41, 5.74) is 1.33. The van der Waals surface area contributed by atoms with Gasteiger partial charge in [-0.1, -0.05) is 56.7 Å². The van der Waals surface area contributed by atoms with E-state index in [0.29, 0.717) is 5.92 Å². The summed E-state index contributed by atoms with van der Waals surface area (Å²) in [5.74, 6) is 0.596. The van der Waals surface area contributed by atoms with Gasteiger partial charge in [0.1, 0.15) is 0 Å². The SMILES string of the molecule is CC.CC1=CC=CC(C)C=C1. The highest BCUT2D eigenvalue weighted by Crippen LogP contribution is 2.07. The Kier molecular flexibility index (Phi) is 5.54. The highest BCUT2D eigenvalue weighted by molar-refractivity contribution is 5.26. The number of hydrogen-bond acceptors (Lipinski definition) is 0. The van der Waals surface area contributed by atoms with Crippen LogP contribution in [0.25, 0.3) is 0 Å². The van der Waals surface area contributed by atoms with Crippen LogP contribution in [0.2, 0.25) is 0 Å². The van der Waals surface area contributed by atoms with Gasteiger partial charge in [0, 0.05) is 0 Å². The molecule has 0 heterocycles. The summed E-state index contributed by atoms with van der Waals surface area (Å²) in [6.45, 7) is 8.29. The molecule has 11 heavy (non-hydrogen) atoms. The molecule has 0 aromatic rings. The van der Waals surface area contributed by atoms with Gasteiger partial charge in [-0.15, -0.1) is 0 Å². The van der Waals surface area contributed by atoms with E-state index in [1.165, 1.54) is 5.57 Å². The second-order valence-electron chi connectivity index (χ2n) is 2.51. The highest BCUT2D eigenvalue weighted by Gasteiger charge is 1.91. The zero-order valence-electron chi connectivity index (χ0n) is 7.96. The topological polar surface area (TPSA) is 0 Å². The Labute approximate surface area is 70.3 Å². The Morgan fingerprint density at radius 3 is 2.45 bits per heavy atom. The molecule has 0 aromatic heterocycles. The molecule has 0 radical (unpaired) electrons. The Balaban J connectivity index is 0.000000461. The smallest absolute Gasteiger partial charge is 0.00755 e. The predicted molar refractivity (Wildman–Crippen MR) is 52.5 cm³/mol. The zero-order valence-corrected chi connectivity index (χ0v) is 7.96. The van der Waals surface area contributed by atoms with E-state index in [9.17, 15) is 0 Å². The third-order valence-corrected chi connectivity index (χ3v) is 1.44. The van der Waals surface area contributed by atoms with Gasteiger partial charge in [-0.3, -0.25) is 0 Å². The molecule has 0 heteroatoms. The predicted octanol–water partition coefficient (Wildman–Crippen LogP) is 3.72. The molecule has 0 amide bonds. The van der Waals surface area contributed by atoms with Crippen LogP contribution < -0.4 is 0 Å². The molecule has 0 aromatic carbocycles. The van der Waals surface area contributed by atoms with Gasteiger partial charge in [0.05, 0.1) is 0 Å². The minimum atomic E-state index is 0.596. The largest absolute Gasteiger partial charge is 0.0779 e. The van der Waals surface area contributed by atoms with Gasteiger partial charge in [0.2, 0.25) is 0 Å². The van der Waals surface area contributed by atoms with Gasteiger partial charge >= 0.3 is 0 Å². The molecule has 0 saturated heterocycles. The van der Waals surface area contributed by atoms with Crippen LogP contribution in [0.4, 0.5) is 0 Å². The summed E-state index contributed by atoms with van der Waals surface area (Å²) in [7, 11) is 0. The van der Waals surface area contributed by atoms with E-state index in [1.807, 2.05) is 13.8 Å². The van der Waals surface area contributed by atoms with Crippen molar-refractivity contribution >= 4 is 0 Å². The lowest BCUT2D eigenvalue weighted by Gasteiger charge is -1.91. The molecule has 1 atom stereocenters. The third kappa shape index (κ3) is 4.60. The molecule has 0 spiro atoms. The van der Waals surface area contributed by atoms with Crippen molar-refractivity contribution in [2.45, 2.75) is 27.7 Å². The molecule has 0 bridgehead atoms. The van der Waals surface area contributed by atoms with Crippen molar-refractivity contribution in [3.63, 3.8) is 0 Å². The lowest BCUT2D eigenvalue weighted by atomic mass is 10.1. The third-order valence-electron chi connectivity index (χ3n) is 1.44. The second-order valence-corrected chi connectivity index (χ2v) is 2.51. The molecule has 62 valence electrons. The molecule has 1 unspecified atom stereocenters. The molecule has 0 nitrogen and oxygen atoms in total. The number of hydrogen-bond donors (Lipinski definition) is 0. The fraction of sp³-hybridized carbons (Fsp3) is 0.455. The van der Waals surface area contributed by atoms with Gasteiger partial charge in [-0.25, -0.2) is 0 Å². The summed E-state index contributed by atoms with van der Waals surface area (Å²) in [5, 5.41) is 0. The van der Waals surface area contributed by atoms with Gasteiger partial charge in [0.15, 0.2) is 0 Å². The van der Waals surface area contributed by atoms with Crippen LogP contribution in [0, 0.1) is 5.92 Å². The summed E-state index contributed by atoms with van der Waals surface area (Å²) in [6.07, 6.45) is 10.8. The molecule has 0 fully saturated rings. The Morgan fingerprint density at radius 1 is 1.18 bits per heavy atom. The Morgan fingerprint density at radius 2 is 1.82 bits per heavy atom. The zero-order chi connectivity index (χ0) is 8.69.